The van der Waals surface area contributed by atoms with E-state index in [1.165, 1.54) is 35.6 Å². The molecule has 2 aromatic heterocycles. The van der Waals surface area contributed by atoms with Gasteiger partial charge in [-0.15, -0.1) is 0 Å². The maximum absolute atomic E-state index is 12.8. The first-order valence-electron chi connectivity index (χ1n) is 8.81. The molecule has 142 valence electrons. The number of nitrogens with zero attached hydrogens (tertiary/aromatic N) is 5. The third-order valence-corrected chi connectivity index (χ3v) is 4.05. The van der Waals surface area contributed by atoms with Crippen LogP contribution < -0.4 is 4.90 Å². The average molecular weight is 371 g/mol. The summed E-state index contributed by atoms with van der Waals surface area (Å²) in [7, 11) is 0. The van der Waals surface area contributed by atoms with Gasteiger partial charge in [-0.25, -0.2) is 19.7 Å². The highest BCUT2D eigenvalue weighted by Gasteiger charge is 2.44. The van der Waals surface area contributed by atoms with Crippen molar-refractivity contribution < 1.29 is 19.4 Å². The molecule has 0 bridgehead atoms. The molecule has 27 heavy (non-hydrogen) atoms. The first-order valence-corrected chi connectivity index (χ1v) is 8.81. The van der Waals surface area contributed by atoms with Crippen LogP contribution in [0.1, 0.15) is 49.1 Å². The van der Waals surface area contributed by atoms with Crippen LogP contribution in [-0.4, -0.2) is 50.0 Å². The molecule has 1 N–H and O–H groups in total. The van der Waals surface area contributed by atoms with E-state index in [2.05, 4.69) is 15.0 Å². The lowest BCUT2D eigenvalue weighted by molar-refractivity contribution is 0.0590. The molecule has 0 fully saturated rings. The van der Waals surface area contributed by atoms with Gasteiger partial charge in [0.1, 0.15) is 17.3 Å². The van der Waals surface area contributed by atoms with Gasteiger partial charge in [0.2, 0.25) is 6.23 Å². The molecule has 0 saturated heterocycles. The molecular formula is C18H21N5O4. The Hall–Kier alpha value is -3.23. The molecule has 1 aliphatic rings. The summed E-state index contributed by atoms with van der Waals surface area (Å²) in [5, 5.41) is 9.46. The highest BCUT2D eigenvalue weighted by molar-refractivity contribution is 6.08. The second kappa shape index (κ2) is 7.98. The SMILES string of the molecule is CCCN(CCC)C(=O)OC1c2nccnc2C(=O)N1c1ccc(O)cn1. The Labute approximate surface area is 156 Å². The molecule has 1 unspecified atom stereocenters. The van der Waals surface area contributed by atoms with Gasteiger partial charge in [-0.1, -0.05) is 13.8 Å². The first-order chi connectivity index (χ1) is 13.1. The number of hydrogen-bond acceptors (Lipinski definition) is 7. The van der Waals surface area contributed by atoms with Gasteiger partial charge in [0, 0.05) is 25.5 Å². The molecule has 0 radical (unpaired) electrons. The summed E-state index contributed by atoms with van der Waals surface area (Å²) in [6, 6.07) is 2.87. The monoisotopic (exact) mass is 371 g/mol. The second-order valence-corrected chi connectivity index (χ2v) is 6.06. The lowest BCUT2D eigenvalue weighted by atomic mass is 10.3. The number of anilines is 1. The molecule has 3 rings (SSSR count). The van der Waals surface area contributed by atoms with Crippen molar-refractivity contribution in [2.75, 3.05) is 18.0 Å². The minimum absolute atomic E-state index is 0.0372. The third-order valence-electron chi connectivity index (χ3n) is 4.05. The van der Waals surface area contributed by atoms with Crippen LogP contribution in [0.2, 0.25) is 0 Å². The van der Waals surface area contributed by atoms with Crippen molar-refractivity contribution >= 4 is 17.8 Å². The smallest absolute Gasteiger partial charge is 0.412 e. The molecule has 1 aliphatic heterocycles. The first kappa shape index (κ1) is 18.6. The number of aromatic hydroxyl groups is 1. The molecule has 0 aliphatic carbocycles. The minimum Gasteiger partial charge on any atom is -0.506 e. The minimum atomic E-state index is -1.07. The van der Waals surface area contributed by atoms with Crippen LogP contribution in [0.25, 0.3) is 0 Å². The predicted octanol–water partition coefficient (Wildman–Crippen LogP) is 2.49. The Morgan fingerprint density at radius 1 is 1.19 bits per heavy atom. The van der Waals surface area contributed by atoms with E-state index in [1.54, 1.807) is 4.90 Å². The summed E-state index contributed by atoms with van der Waals surface area (Å²) in [5.74, 6) is -0.274. The molecule has 2 amide bonds. The Morgan fingerprint density at radius 2 is 1.89 bits per heavy atom. The summed E-state index contributed by atoms with van der Waals surface area (Å²) < 4.78 is 5.66. The fraction of sp³-hybridized carbons (Fsp3) is 0.389. The van der Waals surface area contributed by atoms with Gasteiger partial charge in [0.15, 0.2) is 5.69 Å². The van der Waals surface area contributed by atoms with Crippen LogP contribution in [0.3, 0.4) is 0 Å². The zero-order valence-corrected chi connectivity index (χ0v) is 15.2. The van der Waals surface area contributed by atoms with E-state index in [9.17, 15) is 14.7 Å². The van der Waals surface area contributed by atoms with Gasteiger partial charge in [-0.05, 0) is 25.0 Å². The maximum Gasteiger partial charge on any atom is 0.412 e. The summed E-state index contributed by atoms with van der Waals surface area (Å²) >= 11 is 0. The van der Waals surface area contributed by atoms with Gasteiger partial charge in [0.05, 0.1) is 6.20 Å². The van der Waals surface area contributed by atoms with E-state index in [0.29, 0.717) is 13.1 Å². The van der Waals surface area contributed by atoms with Gasteiger partial charge in [-0.3, -0.25) is 9.78 Å². The van der Waals surface area contributed by atoms with E-state index in [4.69, 9.17) is 4.74 Å². The number of pyridine rings is 1. The molecule has 2 aromatic rings. The summed E-state index contributed by atoms with van der Waals surface area (Å²) in [6.45, 7) is 5.06. The molecule has 0 aromatic carbocycles. The Morgan fingerprint density at radius 3 is 2.52 bits per heavy atom. The van der Waals surface area contributed by atoms with E-state index in [1.807, 2.05) is 13.8 Å². The number of carbonyl (C=O) groups excluding carboxylic acids is 2. The number of ether oxygens (including phenoxy) is 1. The van der Waals surface area contributed by atoms with Gasteiger partial charge in [-0.2, -0.15) is 0 Å². The number of aromatic nitrogens is 3. The summed E-state index contributed by atoms with van der Waals surface area (Å²) in [5.41, 5.74) is 0.376. The van der Waals surface area contributed by atoms with E-state index in [0.717, 1.165) is 12.8 Å². The van der Waals surface area contributed by atoms with E-state index >= 15 is 0 Å². The normalized spacial score (nSPS) is 15.6. The van der Waals surface area contributed by atoms with E-state index < -0.39 is 18.2 Å². The van der Waals surface area contributed by atoms with Crippen molar-refractivity contribution in [1.29, 1.82) is 0 Å². The second-order valence-electron chi connectivity index (χ2n) is 6.06. The van der Waals surface area contributed by atoms with Crippen molar-refractivity contribution in [3.8, 4) is 5.75 Å². The van der Waals surface area contributed by atoms with Crippen LogP contribution in [0, 0.1) is 0 Å². The summed E-state index contributed by atoms with van der Waals surface area (Å²) in [4.78, 5) is 40.6. The zero-order valence-electron chi connectivity index (χ0n) is 15.2. The molecule has 9 heteroatoms. The number of rotatable bonds is 6. The van der Waals surface area contributed by atoms with Gasteiger partial charge < -0.3 is 14.7 Å². The van der Waals surface area contributed by atoms with Crippen LogP contribution in [0.5, 0.6) is 5.75 Å². The van der Waals surface area contributed by atoms with Crippen molar-refractivity contribution in [3.63, 3.8) is 0 Å². The quantitative estimate of drug-likeness (QED) is 0.831. The lowest BCUT2D eigenvalue weighted by Gasteiger charge is -2.27. The number of fused-ring (bicyclic) bond motifs is 1. The molecule has 9 nitrogen and oxygen atoms in total. The largest absolute Gasteiger partial charge is 0.506 e. The van der Waals surface area contributed by atoms with E-state index in [-0.39, 0.29) is 23.0 Å². The van der Waals surface area contributed by atoms with Crippen LogP contribution in [0.15, 0.2) is 30.7 Å². The predicted molar refractivity (Wildman–Crippen MR) is 96.1 cm³/mol. The van der Waals surface area contributed by atoms with Crippen molar-refractivity contribution in [2.24, 2.45) is 0 Å². The molecule has 0 saturated carbocycles. The maximum atomic E-state index is 12.8. The highest BCUT2D eigenvalue weighted by Crippen LogP contribution is 2.35. The molecule has 1 atom stereocenters. The Bertz CT molecular complexity index is 821. The zero-order chi connectivity index (χ0) is 19.4. The van der Waals surface area contributed by atoms with Crippen molar-refractivity contribution in [3.05, 3.63) is 42.1 Å². The van der Waals surface area contributed by atoms with Crippen LogP contribution in [-0.2, 0) is 4.74 Å². The number of carbonyl (C=O) groups is 2. The highest BCUT2D eigenvalue weighted by atomic mass is 16.6. The third kappa shape index (κ3) is 3.67. The van der Waals surface area contributed by atoms with Crippen LogP contribution >= 0.6 is 0 Å². The topological polar surface area (TPSA) is 109 Å². The van der Waals surface area contributed by atoms with Crippen molar-refractivity contribution in [1.82, 2.24) is 19.9 Å². The molecule has 3 heterocycles. The number of amides is 2. The number of hydrogen-bond donors (Lipinski definition) is 1. The lowest BCUT2D eigenvalue weighted by Crippen LogP contribution is -2.38. The molecular weight excluding hydrogens is 350 g/mol. The fourth-order valence-electron chi connectivity index (χ4n) is 2.89. The standard InChI is InChI=1S/C18H21N5O4/c1-3-9-22(10-4-2)18(26)27-17-15-14(19-7-8-20-15)16(25)23(17)13-6-5-12(24)11-21-13/h5-8,11,17,24H,3-4,9-10H2,1-2H3. The van der Waals surface area contributed by atoms with Crippen molar-refractivity contribution in [2.45, 2.75) is 32.9 Å². The Balaban J connectivity index is 1.94. The molecule has 0 spiro atoms. The van der Waals surface area contributed by atoms with Crippen LogP contribution in [0.4, 0.5) is 10.6 Å². The summed E-state index contributed by atoms with van der Waals surface area (Å²) in [6.07, 6.45) is 4.05. The average Bonchev–Trinajstić information content (AvgIpc) is 2.95. The van der Waals surface area contributed by atoms with Gasteiger partial charge >= 0.3 is 6.09 Å². The fourth-order valence-corrected chi connectivity index (χ4v) is 2.89. The van der Waals surface area contributed by atoms with Gasteiger partial charge in [0.25, 0.3) is 5.91 Å². The Kier molecular flexibility index (Phi) is 5.49.